The number of hydrogen-bond acceptors (Lipinski definition) is 9. The predicted molar refractivity (Wildman–Crippen MR) is 202 cm³/mol. The van der Waals surface area contributed by atoms with Crippen molar-refractivity contribution in [3.05, 3.63) is 107 Å². The summed E-state index contributed by atoms with van der Waals surface area (Å²) in [6.07, 6.45) is 7.17. The maximum Gasteiger partial charge on any atom is 0.198 e. The van der Waals surface area contributed by atoms with E-state index in [4.69, 9.17) is 9.47 Å². The first-order valence-corrected chi connectivity index (χ1v) is 18.8. The number of piperidine rings is 2. The lowest BCUT2D eigenvalue weighted by atomic mass is 9.94. The molecule has 9 heteroatoms. The number of nitrogens with one attached hydrogen (secondary N) is 1. The van der Waals surface area contributed by atoms with Gasteiger partial charge in [0.1, 0.15) is 35.7 Å². The molecule has 4 aromatic carbocycles. The summed E-state index contributed by atoms with van der Waals surface area (Å²) < 4.78 is 12.7. The molecular formula is C42H44N2O6S. The molecule has 8 nitrogen and oxygen atoms in total. The fourth-order valence-corrected chi connectivity index (χ4v) is 8.48. The third kappa shape index (κ3) is 7.81. The van der Waals surface area contributed by atoms with Crippen LogP contribution < -0.4 is 14.8 Å². The van der Waals surface area contributed by atoms with Gasteiger partial charge in [0.05, 0.1) is 10.3 Å². The van der Waals surface area contributed by atoms with E-state index in [1.807, 2.05) is 12.1 Å². The summed E-state index contributed by atoms with van der Waals surface area (Å²) in [5, 5.41) is 25.2. The Kier molecular flexibility index (Phi) is 10.7. The number of fused-ring (bicyclic) bond motifs is 1. The fraction of sp³-hybridized carbons (Fsp3) is 0.333. The second-order valence-corrected chi connectivity index (χ2v) is 14.5. The van der Waals surface area contributed by atoms with Crippen LogP contribution in [-0.4, -0.2) is 71.6 Å². The Hall–Kier alpha value is -4.70. The normalized spacial score (nSPS) is 17.2. The number of carbonyl (C=O) groups excluding carboxylic acids is 2. The van der Waals surface area contributed by atoms with Gasteiger partial charge in [-0.3, -0.25) is 14.5 Å². The van der Waals surface area contributed by atoms with Crippen LogP contribution in [0.3, 0.4) is 0 Å². The summed E-state index contributed by atoms with van der Waals surface area (Å²) in [5.74, 6) is 0.756. The molecule has 1 aromatic heterocycles. The molecule has 2 fully saturated rings. The van der Waals surface area contributed by atoms with Crippen molar-refractivity contribution in [3.8, 4) is 33.4 Å². The van der Waals surface area contributed by atoms with Gasteiger partial charge in [-0.1, -0.05) is 12.8 Å². The number of hydrogen-bond donors (Lipinski definition) is 3. The maximum absolute atomic E-state index is 14.3. The number of benzene rings is 4. The Morgan fingerprint density at radius 1 is 0.804 bits per heavy atom. The van der Waals surface area contributed by atoms with Crippen LogP contribution in [0.4, 0.5) is 0 Å². The van der Waals surface area contributed by atoms with Gasteiger partial charge >= 0.3 is 0 Å². The highest BCUT2D eigenvalue weighted by Gasteiger charge is 2.27. The van der Waals surface area contributed by atoms with E-state index in [2.05, 4.69) is 17.1 Å². The second-order valence-electron chi connectivity index (χ2n) is 13.5. The quantitative estimate of drug-likeness (QED) is 0.112. The molecule has 2 aliphatic heterocycles. The molecule has 0 radical (unpaired) electrons. The topological polar surface area (TPSA) is 108 Å². The van der Waals surface area contributed by atoms with Crippen LogP contribution in [0.2, 0.25) is 0 Å². The molecule has 264 valence electrons. The van der Waals surface area contributed by atoms with Crippen molar-refractivity contribution in [2.24, 2.45) is 0 Å². The van der Waals surface area contributed by atoms with E-state index in [0.29, 0.717) is 49.8 Å². The summed E-state index contributed by atoms with van der Waals surface area (Å²) in [5.41, 5.74) is 2.17. The van der Waals surface area contributed by atoms with Gasteiger partial charge in [0, 0.05) is 39.5 Å². The van der Waals surface area contributed by atoms with Gasteiger partial charge in [-0.15, -0.1) is 11.3 Å². The number of rotatable bonds is 12. The lowest BCUT2D eigenvalue weighted by Crippen LogP contribution is -2.44. The lowest BCUT2D eigenvalue weighted by molar-refractivity contribution is 0.103. The monoisotopic (exact) mass is 704 g/mol. The Morgan fingerprint density at radius 2 is 1.47 bits per heavy atom. The van der Waals surface area contributed by atoms with Crippen molar-refractivity contribution < 1.29 is 29.3 Å². The van der Waals surface area contributed by atoms with Crippen LogP contribution in [0.15, 0.2) is 84.9 Å². The number of likely N-dealkylation sites (tertiary alicyclic amines) is 1. The molecule has 0 amide bonds. The van der Waals surface area contributed by atoms with Gasteiger partial charge < -0.3 is 25.0 Å². The summed E-state index contributed by atoms with van der Waals surface area (Å²) in [4.78, 5) is 31.5. The highest BCUT2D eigenvalue weighted by Crippen LogP contribution is 2.44. The van der Waals surface area contributed by atoms with Crippen molar-refractivity contribution in [1.82, 2.24) is 10.2 Å². The summed E-state index contributed by atoms with van der Waals surface area (Å²) in [6, 6.07) is 24.3. The maximum atomic E-state index is 14.3. The van der Waals surface area contributed by atoms with Crippen molar-refractivity contribution >= 4 is 33.0 Å². The van der Waals surface area contributed by atoms with Gasteiger partial charge in [-0.25, -0.2) is 0 Å². The van der Waals surface area contributed by atoms with E-state index >= 15 is 0 Å². The van der Waals surface area contributed by atoms with Gasteiger partial charge in [0.2, 0.25) is 0 Å². The van der Waals surface area contributed by atoms with Crippen LogP contribution in [0, 0.1) is 0 Å². The van der Waals surface area contributed by atoms with Crippen molar-refractivity contribution in [1.29, 1.82) is 0 Å². The highest BCUT2D eigenvalue weighted by atomic mass is 32.1. The first-order valence-electron chi connectivity index (χ1n) is 18.0. The van der Waals surface area contributed by atoms with E-state index < -0.39 is 0 Å². The Morgan fingerprint density at radius 3 is 2.14 bits per heavy atom. The molecule has 3 heterocycles. The van der Waals surface area contributed by atoms with Gasteiger partial charge in [0.25, 0.3) is 0 Å². The van der Waals surface area contributed by atoms with Gasteiger partial charge in [0.15, 0.2) is 11.6 Å². The van der Waals surface area contributed by atoms with E-state index in [9.17, 15) is 19.8 Å². The van der Waals surface area contributed by atoms with Gasteiger partial charge in [-0.05, 0) is 143 Å². The average molecular weight is 705 g/mol. The first-order chi connectivity index (χ1) is 24.9. The number of ether oxygens (including phenoxy) is 2. The number of nitrogens with zero attached hydrogens (tertiary/aromatic N) is 1. The molecule has 3 N–H and O–H groups in total. The average Bonchev–Trinajstić information content (AvgIpc) is 3.55. The zero-order valence-electron chi connectivity index (χ0n) is 28.9. The molecule has 2 saturated heterocycles. The summed E-state index contributed by atoms with van der Waals surface area (Å²) in [6.45, 7) is 6.73. The molecule has 0 bridgehead atoms. The SMILES string of the molecule is CC(Oc1ccc(C(=O)c2c(O)ccc3c(C(=O)c4ccc(OCCN5CCCCC5)cc4)c(-c4ccc(O)cc4)sc23)cc1)C1CCCCN1. The van der Waals surface area contributed by atoms with Crippen LogP contribution in [0.1, 0.15) is 77.3 Å². The van der Waals surface area contributed by atoms with Gasteiger partial charge in [-0.2, -0.15) is 0 Å². The summed E-state index contributed by atoms with van der Waals surface area (Å²) >= 11 is 1.28. The molecule has 0 spiro atoms. The standard InChI is InChI=1S/C42H44N2O6S/c1-27(35-7-3-4-22-43-35)50-33-18-12-29(13-19-33)40(48)38-36(46)21-20-34-37(41(51-42(34)38)30-8-14-31(45)15-9-30)39(47)28-10-16-32(17-11-28)49-26-25-44-23-5-2-6-24-44/h8-21,27,35,43,45-46H,2-7,22-26H2,1H3. The van der Waals surface area contributed by atoms with Crippen LogP contribution >= 0.6 is 11.3 Å². The van der Waals surface area contributed by atoms with Crippen molar-refractivity contribution in [2.75, 3.05) is 32.8 Å². The fourth-order valence-electron chi connectivity index (χ4n) is 7.14. The minimum atomic E-state index is -0.352. The minimum absolute atomic E-state index is 0.0155. The molecule has 51 heavy (non-hydrogen) atoms. The highest BCUT2D eigenvalue weighted by molar-refractivity contribution is 7.23. The van der Waals surface area contributed by atoms with Crippen LogP contribution in [0.25, 0.3) is 20.5 Å². The third-order valence-corrected chi connectivity index (χ3v) is 11.3. The lowest BCUT2D eigenvalue weighted by Gasteiger charge is -2.29. The zero-order chi connectivity index (χ0) is 35.3. The smallest absolute Gasteiger partial charge is 0.198 e. The number of phenols is 2. The van der Waals surface area contributed by atoms with E-state index in [-0.39, 0.29) is 40.8 Å². The number of thiophene rings is 1. The van der Waals surface area contributed by atoms with Crippen molar-refractivity contribution in [3.63, 3.8) is 0 Å². The van der Waals surface area contributed by atoms with Crippen LogP contribution in [-0.2, 0) is 0 Å². The Balaban J connectivity index is 1.17. The van der Waals surface area contributed by atoms with Crippen LogP contribution in [0.5, 0.6) is 23.0 Å². The third-order valence-electron chi connectivity index (χ3n) is 10.0. The second kappa shape index (κ2) is 15.7. The zero-order valence-corrected chi connectivity index (χ0v) is 29.7. The van der Waals surface area contributed by atoms with E-state index in [1.54, 1.807) is 66.7 Å². The number of phenolic OH excluding ortho intramolecular Hbond substituents is 2. The number of ketones is 2. The number of carbonyl (C=O) groups is 2. The van der Waals surface area contributed by atoms with E-state index in [0.717, 1.165) is 38.2 Å². The first kappa shape index (κ1) is 34.7. The molecule has 0 aliphatic carbocycles. The number of aromatic hydroxyl groups is 2. The Bertz CT molecular complexity index is 1980. The molecule has 5 aromatic rings. The minimum Gasteiger partial charge on any atom is -0.508 e. The predicted octanol–water partition coefficient (Wildman–Crippen LogP) is 8.22. The Labute approximate surface area is 302 Å². The molecule has 2 atom stereocenters. The molecular weight excluding hydrogens is 661 g/mol. The van der Waals surface area contributed by atoms with Crippen molar-refractivity contribution in [2.45, 2.75) is 57.6 Å². The molecule has 7 rings (SSSR count). The molecule has 2 unspecified atom stereocenters. The molecule has 0 saturated carbocycles. The van der Waals surface area contributed by atoms with E-state index in [1.165, 1.54) is 49.5 Å². The largest absolute Gasteiger partial charge is 0.508 e. The molecule has 2 aliphatic rings. The summed E-state index contributed by atoms with van der Waals surface area (Å²) in [7, 11) is 0.